The summed E-state index contributed by atoms with van der Waals surface area (Å²) in [5, 5.41) is 9.11. The second kappa shape index (κ2) is 6.80. The topological polar surface area (TPSA) is 83.6 Å². The molecule has 1 rings (SSSR count). The summed E-state index contributed by atoms with van der Waals surface area (Å²) in [5.74, 6) is -1.53. The summed E-state index contributed by atoms with van der Waals surface area (Å²) in [6.45, 7) is 2.41. The molecule has 3 N–H and O–H groups in total. The van der Waals surface area contributed by atoms with Gasteiger partial charge in [-0.2, -0.15) is 0 Å². The molecular weight excluding hydrogens is 268 g/mol. The Morgan fingerprint density at radius 2 is 2.16 bits per heavy atom. The summed E-state index contributed by atoms with van der Waals surface area (Å²) in [4.78, 5) is 23.3. The Morgan fingerprint density at radius 1 is 1.47 bits per heavy atom. The van der Waals surface area contributed by atoms with E-state index in [1.807, 2.05) is 6.92 Å². The molecule has 0 aliphatic rings. The number of likely N-dealkylation sites (N-methyl/N-ethyl adjacent to an activating group) is 1. The first-order valence-corrected chi connectivity index (χ1v) is 6.06. The van der Waals surface area contributed by atoms with Gasteiger partial charge in [-0.25, -0.2) is 4.79 Å². The number of hydrogen-bond donors (Lipinski definition) is 2. The van der Waals surface area contributed by atoms with Crippen molar-refractivity contribution in [3.8, 4) is 0 Å². The number of carboxylic acids is 1. The van der Waals surface area contributed by atoms with E-state index < -0.39 is 11.9 Å². The minimum Gasteiger partial charge on any atom is -0.478 e. The number of benzene rings is 1. The number of halogens is 1. The lowest BCUT2D eigenvalue weighted by Crippen LogP contribution is -2.34. The predicted octanol–water partition coefficient (Wildman–Crippen LogP) is 1.75. The number of nitrogens with two attached hydrogens (primary N) is 1. The van der Waals surface area contributed by atoms with Gasteiger partial charge in [0, 0.05) is 12.6 Å². The number of nitrogens with zero attached hydrogens (tertiary/aromatic N) is 1. The molecule has 0 saturated carbocycles. The summed E-state index contributed by atoms with van der Waals surface area (Å²) >= 11 is 6.13. The maximum absolute atomic E-state index is 11.1. The van der Waals surface area contributed by atoms with E-state index >= 15 is 0 Å². The monoisotopic (exact) mass is 282 g/mol. The van der Waals surface area contributed by atoms with Gasteiger partial charge in [-0.15, -0.1) is 0 Å². The first-order valence-electron chi connectivity index (χ1n) is 5.68. The lowest BCUT2D eigenvalue weighted by molar-refractivity contribution is -0.131. The molecule has 102 valence electrons. The van der Waals surface area contributed by atoms with Crippen molar-refractivity contribution in [1.29, 1.82) is 0 Å². The van der Waals surface area contributed by atoms with Crippen LogP contribution in [0.4, 0.5) is 5.69 Å². The van der Waals surface area contributed by atoms with Crippen LogP contribution in [0.5, 0.6) is 0 Å². The van der Waals surface area contributed by atoms with E-state index in [9.17, 15) is 9.59 Å². The zero-order valence-corrected chi connectivity index (χ0v) is 11.2. The first-order chi connectivity index (χ1) is 8.95. The normalized spacial score (nSPS) is 10.6. The van der Waals surface area contributed by atoms with Crippen LogP contribution in [0.2, 0.25) is 5.02 Å². The summed E-state index contributed by atoms with van der Waals surface area (Å²) in [5.41, 5.74) is 6.42. The highest BCUT2D eigenvalue weighted by molar-refractivity contribution is 6.33. The van der Waals surface area contributed by atoms with Crippen LogP contribution in [0, 0.1) is 0 Å². The maximum atomic E-state index is 11.1. The number of hydrogen-bond acceptors (Lipinski definition) is 3. The number of aliphatic carboxylic acids is 1. The van der Waals surface area contributed by atoms with Crippen molar-refractivity contribution < 1.29 is 14.7 Å². The SMILES string of the molecule is CCN(CC(N)=O)c1c(Cl)cccc1/C=C/C(=O)O. The molecule has 0 aliphatic carbocycles. The van der Waals surface area contributed by atoms with Gasteiger partial charge in [0.1, 0.15) is 0 Å². The second-order valence-electron chi connectivity index (χ2n) is 3.83. The Labute approximate surface area is 116 Å². The third kappa shape index (κ3) is 4.30. The molecule has 0 fully saturated rings. The first kappa shape index (κ1) is 15.0. The highest BCUT2D eigenvalue weighted by Crippen LogP contribution is 2.30. The quantitative estimate of drug-likeness (QED) is 0.779. The number of anilines is 1. The summed E-state index contributed by atoms with van der Waals surface area (Å²) in [6, 6.07) is 5.12. The maximum Gasteiger partial charge on any atom is 0.328 e. The van der Waals surface area contributed by atoms with E-state index in [-0.39, 0.29) is 6.54 Å². The molecular formula is C13H15ClN2O3. The summed E-state index contributed by atoms with van der Waals surface area (Å²) in [7, 11) is 0. The largest absolute Gasteiger partial charge is 0.478 e. The van der Waals surface area contributed by atoms with Crippen molar-refractivity contribution in [3.63, 3.8) is 0 Å². The molecule has 6 heteroatoms. The van der Waals surface area contributed by atoms with Crippen LogP contribution in [0.1, 0.15) is 12.5 Å². The Kier molecular flexibility index (Phi) is 5.38. The van der Waals surface area contributed by atoms with Crippen LogP contribution in [0.25, 0.3) is 6.08 Å². The van der Waals surface area contributed by atoms with E-state index in [4.69, 9.17) is 22.4 Å². The number of amides is 1. The van der Waals surface area contributed by atoms with E-state index in [0.29, 0.717) is 22.8 Å². The van der Waals surface area contributed by atoms with Gasteiger partial charge in [0.05, 0.1) is 17.3 Å². The van der Waals surface area contributed by atoms with Gasteiger partial charge < -0.3 is 15.7 Å². The van der Waals surface area contributed by atoms with Crippen LogP contribution in [0.15, 0.2) is 24.3 Å². The fraction of sp³-hybridized carbons (Fsp3) is 0.231. The molecule has 1 amide bonds. The van der Waals surface area contributed by atoms with E-state index in [1.54, 1.807) is 23.1 Å². The number of primary amides is 1. The van der Waals surface area contributed by atoms with E-state index in [1.165, 1.54) is 6.08 Å². The number of para-hydroxylation sites is 1. The van der Waals surface area contributed by atoms with Crippen LogP contribution in [-0.2, 0) is 9.59 Å². The lowest BCUT2D eigenvalue weighted by Gasteiger charge is -2.24. The zero-order valence-electron chi connectivity index (χ0n) is 10.5. The van der Waals surface area contributed by atoms with Gasteiger partial charge >= 0.3 is 5.97 Å². The van der Waals surface area contributed by atoms with Crippen LogP contribution >= 0.6 is 11.6 Å². The lowest BCUT2D eigenvalue weighted by atomic mass is 10.1. The average molecular weight is 283 g/mol. The minimum absolute atomic E-state index is 0.0220. The fourth-order valence-corrected chi connectivity index (χ4v) is 2.00. The molecule has 1 aromatic rings. The van der Waals surface area contributed by atoms with Gasteiger partial charge in [0.2, 0.25) is 5.91 Å². The molecule has 1 aromatic carbocycles. The number of carbonyl (C=O) groups is 2. The molecule has 0 aliphatic heterocycles. The van der Waals surface area contributed by atoms with Gasteiger partial charge in [0.15, 0.2) is 0 Å². The smallest absolute Gasteiger partial charge is 0.328 e. The molecule has 0 unspecified atom stereocenters. The van der Waals surface area contributed by atoms with Gasteiger partial charge in [0.25, 0.3) is 0 Å². The van der Waals surface area contributed by atoms with Gasteiger partial charge in [-0.3, -0.25) is 4.79 Å². The third-order valence-corrected chi connectivity index (χ3v) is 2.77. The zero-order chi connectivity index (χ0) is 14.4. The van der Waals surface area contributed by atoms with E-state index in [2.05, 4.69) is 0 Å². The predicted molar refractivity (Wildman–Crippen MR) is 75.2 cm³/mol. The van der Waals surface area contributed by atoms with Gasteiger partial charge in [-0.05, 0) is 24.6 Å². The van der Waals surface area contributed by atoms with Crippen LogP contribution < -0.4 is 10.6 Å². The molecule has 0 heterocycles. The third-order valence-electron chi connectivity index (χ3n) is 2.47. The van der Waals surface area contributed by atoms with Crippen molar-refractivity contribution in [3.05, 3.63) is 34.9 Å². The van der Waals surface area contributed by atoms with Crippen molar-refractivity contribution in [2.75, 3.05) is 18.0 Å². The highest BCUT2D eigenvalue weighted by atomic mass is 35.5. The minimum atomic E-state index is -1.05. The van der Waals surface area contributed by atoms with Gasteiger partial charge in [-0.1, -0.05) is 23.7 Å². The van der Waals surface area contributed by atoms with Crippen molar-refractivity contribution >= 4 is 35.2 Å². The van der Waals surface area contributed by atoms with Crippen molar-refractivity contribution in [2.45, 2.75) is 6.92 Å². The van der Waals surface area contributed by atoms with Crippen molar-refractivity contribution in [2.24, 2.45) is 5.73 Å². The summed E-state index contributed by atoms with van der Waals surface area (Å²) in [6.07, 6.45) is 2.46. The molecule has 0 radical (unpaired) electrons. The van der Waals surface area contributed by atoms with Crippen LogP contribution in [-0.4, -0.2) is 30.1 Å². The molecule has 19 heavy (non-hydrogen) atoms. The Morgan fingerprint density at radius 3 is 2.68 bits per heavy atom. The molecule has 0 atom stereocenters. The second-order valence-corrected chi connectivity index (χ2v) is 4.24. The number of rotatable bonds is 6. The Bertz CT molecular complexity index is 515. The Balaban J connectivity index is 3.22. The molecule has 0 spiro atoms. The molecule has 0 bridgehead atoms. The molecule has 0 aromatic heterocycles. The average Bonchev–Trinajstić information content (AvgIpc) is 2.33. The highest BCUT2D eigenvalue weighted by Gasteiger charge is 2.14. The standard InChI is InChI=1S/C13H15ClN2O3/c1-2-16(8-11(15)17)13-9(6-7-12(18)19)4-3-5-10(13)14/h3-7H,2,8H2,1H3,(H2,15,17)(H,18,19)/b7-6+. The number of carbonyl (C=O) groups excluding carboxylic acids is 1. The Hall–Kier alpha value is -2.01. The van der Waals surface area contributed by atoms with E-state index in [0.717, 1.165) is 6.08 Å². The fourth-order valence-electron chi connectivity index (χ4n) is 1.70. The van der Waals surface area contributed by atoms with Crippen LogP contribution in [0.3, 0.4) is 0 Å². The van der Waals surface area contributed by atoms with Crippen molar-refractivity contribution in [1.82, 2.24) is 0 Å². The number of carboxylic acid groups (broad SMARTS) is 1. The molecule has 0 saturated heterocycles. The molecule has 5 nitrogen and oxygen atoms in total. The summed E-state index contributed by atoms with van der Waals surface area (Å²) < 4.78 is 0.